The highest BCUT2D eigenvalue weighted by Gasteiger charge is 2.14. The van der Waals surface area contributed by atoms with E-state index >= 15 is 0 Å². The highest BCUT2D eigenvalue weighted by atomic mass is 79.9. The minimum atomic E-state index is -0.383. The minimum Gasteiger partial charge on any atom is -0.377 e. The molecule has 0 aromatic heterocycles. The average molecular weight is 398 g/mol. The van der Waals surface area contributed by atoms with Gasteiger partial charge < -0.3 is 10.2 Å². The first-order valence-electron chi connectivity index (χ1n) is 7.87. The van der Waals surface area contributed by atoms with Crippen molar-refractivity contribution in [3.63, 3.8) is 0 Å². The lowest BCUT2D eigenvalue weighted by molar-refractivity contribution is -0.117. The van der Waals surface area contributed by atoms with E-state index in [2.05, 4.69) is 21.2 Å². The zero-order chi connectivity index (χ0) is 18.4. The van der Waals surface area contributed by atoms with Gasteiger partial charge >= 0.3 is 0 Å². The standard InChI is InChI=1S/C20H20BrN3O/c1-14(16-7-5-4-6-8-16)23-20(25)17(13-22)11-15-9-10-19(24(2)3)18(21)12-15/h4-12,14H,1-3H3,(H,23,25)/b17-11-. The van der Waals surface area contributed by atoms with Crippen LogP contribution in [0, 0.1) is 11.3 Å². The Hall–Kier alpha value is -2.58. The van der Waals surface area contributed by atoms with Crippen molar-refractivity contribution in [2.75, 3.05) is 19.0 Å². The number of nitrogens with one attached hydrogen (secondary N) is 1. The second-order valence-corrected chi connectivity index (χ2v) is 6.74. The number of halogens is 1. The van der Waals surface area contributed by atoms with Crippen molar-refractivity contribution in [2.24, 2.45) is 0 Å². The van der Waals surface area contributed by atoms with Crippen LogP contribution in [0.1, 0.15) is 24.1 Å². The van der Waals surface area contributed by atoms with Crippen molar-refractivity contribution in [3.05, 3.63) is 69.7 Å². The number of benzene rings is 2. The summed E-state index contributed by atoms with van der Waals surface area (Å²) in [6.45, 7) is 1.89. The van der Waals surface area contributed by atoms with Crippen LogP contribution in [-0.4, -0.2) is 20.0 Å². The molecule has 4 nitrogen and oxygen atoms in total. The lowest BCUT2D eigenvalue weighted by atomic mass is 10.1. The third kappa shape index (κ3) is 4.94. The largest absolute Gasteiger partial charge is 0.377 e. The van der Waals surface area contributed by atoms with Crippen LogP contribution in [0.5, 0.6) is 0 Å². The Morgan fingerprint density at radius 3 is 2.48 bits per heavy atom. The van der Waals surface area contributed by atoms with E-state index in [1.54, 1.807) is 6.08 Å². The van der Waals surface area contributed by atoms with Crippen molar-refractivity contribution < 1.29 is 4.79 Å². The molecule has 5 heteroatoms. The van der Waals surface area contributed by atoms with E-state index < -0.39 is 0 Å². The summed E-state index contributed by atoms with van der Waals surface area (Å²) < 4.78 is 0.904. The summed E-state index contributed by atoms with van der Waals surface area (Å²) in [7, 11) is 3.91. The van der Waals surface area contributed by atoms with Gasteiger partial charge in [0, 0.05) is 18.6 Å². The molecule has 0 fully saturated rings. The van der Waals surface area contributed by atoms with Gasteiger partial charge in [0.2, 0.25) is 0 Å². The van der Waals surface area contributed by atoms with Crippen molar-refractivity contribution in [1.29, 1.82) is 5.26 Å². The minimum absolute atomic E-state index is 0.0762. The van der Waals surface area contributed by atoms with Gasteiger partial charge in [-0.25, -0.2) is 0 Å². The van der Waals surface area contributed by atoms with Crippen molar-refractivity contribution >= 4 is 33.6 Å². The van der Waals surface area contributed by atoms with Crippen LogP contribution in [-0.2, 0) is 4.79 Å². The lowest BCUT2D eigenvalue weighted by Crippen LogP contribution is -2.27. The molecule has 0 saturated heterocycles. The maximum absolute atomic E-state index is 12.4. The third-order valence-corrected chi connectivity index (χ3v) is 4.41. The summed E-state index contributed by atoms with van der Waals surface area (Å²) in [4.78, 5) is 14.4. The maximum Gasteiger partial charge on any atom is 0.262 e. The highest BCUT2D eigenvalue weighted by Crippen LogP contribution is 2.26. The summed E-state index contributed by atoms with van der Waals surface area (Å²) in [5.41, 5.74) is 2.88. The SMILES string of the molecule is CC(NC(=O)/C(C#N)=C\c1ccc(N(C)C)c(Br)c1)c1ccccc1. The van der Waals surface area contributed by atoms with Gasteiger partial charge in [-0.3, -0.25) is 4.79 Å². The topological polar surface area (TPSA) is 56.1 Å². The second kappa shape index (κ2) is 8.50. The first kappa shape index (κ1) is 18.8. The molecule has 2 aromatic carbocycles. The van der Waals surface area contributed by atoms with Crippen molar-refractivity contribution in [1.82, 2.24) is 5.32 Å². The van der Waals surface area contributed by atoms with Crippen LogP contribution in [0.15, 0.2) is 58.6 Å². The number of amides is 1. The summed E-state index contributed by atoms with van der Waals surface area (Å²) >= 11 is 3.51. The average Bonchev–Trinajstić information content (AvgIpc) is 2.60. The lowest BCUT2D eigenvalue weighted by Gasteiger charge is -2.15. The van der Waals surface area contributed by atoms with Gasteiger partial charge in [0.05, 0.1) is 11.7 Å². The summed E-state index contributed by atoms with van der Waals surface area (Å²) in [6, 6.07) is 17.2. The molecule has 2 rings (SSSR count). The Labute approximate surface area is 156 Å². The molecule has 2 aromatic rings. The number of anilines is 1. The highest BCUT2D eigenvalue weighted by molar-refractivity contribution is 9.10. The van der Waals surface area contributed by atoms with E-state index in [4.69, 9.17) is 0 Å². The van der Waals surface area contributed by atoms with Gasteiger partial charge in [-0.2, -0.15) is 5.26 Å². The monoisotopic (exact) mass is 397 g/mol. The third-order valence-electron chi connectivity index (χ3n) is 3.78. The Morgan fingerprint density at radius 2 is 1.92 bits per heavy atom. The molecule has 128 valence electrons. The normalized spacial score (nSPS) is 12.2. The summed E-state index contributed by atoms with van der Waals surface area (Å²) in [5.74, 6) is -0.383. The smallest absolute Gasteiger partial charge is 0.262 e. The fraction of sp³-hybridized carbons (Fsp3) is 0.200. The Morgan fingerprint density at radius 1 is 1.24 bits per heavy atom. The molecule has 0 radical (unpaired) electrons. The number of hydrogen-bond acceptors (Lipinski definition) is 3. The van der Waals surface area contributed by atoms with E-state index in [1.807, 2.05) is 80.5 Å². The van der Waals surface area contributed by atoms with Gasteiger partial charge in [-0.15, -0.1) is 0 Å². The number of rotatable bonds is 5. The van der Waals surface area contributed by atoms with E-state index in [1.165, 1.54) is 0 Å². The molecule has 0 aliphatic rings. The predicted molar refractivity (Wildman–Crippen MR) is 105 cm³/mol. The molecule has 0 heterocycles. The quantitative estimate of drug-likeness (QED) is 0.604. The number of nitrogens with zero attached hydrogens (tertiary/aromatic N) is 2. The molecule has 0 saturated carbocycles. The molecule has 0 bridgehead atoms. The van der Waals surface area contributed by atoms with Crippen LogP contribution in [0.25, 0.3) is 6.08 Å². The fourth-order valence-electron chi connectivity index (χ4n) is 2.39. The molecule has 1 N–H and O–H groups in total. The first-order valence-corrected chi connectivity index (χ1v) is 8.66. The van der Waals surface area contributed by atoms with Crippen molar-refractivity contribution in [2.45, 2.75) is 13.0 Å². The molecule has 1 amide bonds. The molecule has 0 aliphatic carbocycles. The Kier molecular flexibility index (Phi) is 6.37. The van der Waals surface area contributed by atoms with Gasteiger partial charge in [-0.05, 0) is 52.2 Å². The van der Waals surface area contributed by atoms with Crippen LogP contribution in [0.4, 0.5) is 5.69 Å². The van der Waals surface area contributed by atoms with Gasteiger partial charge in [0.1, 0.15) is 11.6 Å². The Balaban J connectivity index is 2.18. The van der Waals surface area contributed by atoms with Crippen LogP contribution in [0.3, 0.4) is 0 Å². The van der Waals surface area contributed by atoms with Gasteiger partial charge in [0.25, 0.3) is 5.91 Å². The van der Waals surface area contributed by atoms with Gasteiger partial charge in [0.15, 0.2) is 0 Å². The zero-order valence-electron chi connectivity index (χ0n) is 14.5. The van der Waals surface area contributed by atoms with Crippen LogP contribution >= 0.6 is 15.9 Å². The van der Waals surface area contributed by atoms with E-state index in [0.29, 0.717) is 0 Å². The number of carbonyl (C=O) groups is 1. The summed E-state index contributed by atoms with van der Waals surface area (Å²) in [6.07, 6.45) is 1.59. The Bertz CT molecular complexity index is 823. The molecular weight excluding hydrogens is 378 g/mol. The second-order valence-electron chi connectivity index (χ2n) is 5.88. The fourth-order valence-corrected chi connectivity index (χ4v) is 3.14. The molecular formula is C20H20BrN3O. The van der Waals surface area contributed by atoms with Crippen LogP contribution < -0.4 is 10.2 Å². The number of hydrogen-bond donors (Lipinski definition) is 1. The van der Waals surface area contributed by atoms with Gasteiger partial charge in [-0.1, -0.05) is 36.4 Å². The molecule has 0 spiro atoms. The van der Waals surface area contributed by atoms with Crippen molar-refractivity contribution in [3.8, 4) is 6.07 Å². The number of carbonyl (C=O) groups excluding carboxylic acids is 1. The first-order chi connectivity index (χ1) is 11.9. The van der Waals surface area contributed by atoms with E-state index in [-0.39, 0.29) is 17.5 Å². The van der Waals surface area contributed by atoms with E-state index in [0.717, 1.165) is 21.3 Å². The molecule has 1 unspecified atom stereocenters. The molecule has 0 aliphatic heterocycles. The predicted octanol–water partition coefficient (Wildman–Crippen LogP) is 4.30. The molecule has 1 atom stereocenters. The van der Waals surface area contributed by atoms with E-state index in [9.17, 15) is 10.1 Å². The number of nitriles is 1. The maximum atomic E-state index is 12.4. The zero-order valence-corrected chi connectivity index (χ0v) is 16.0. The summed E-state index contributed by atoms with van der Waals surface area (Å²) in [5, 5.41) is 12.2. The molecule has 25 heavy (non-hydrogen) atoms. The van der Waals surface area contributed by atoms with Crippen LogP contribution in [0.2, 0.25) is 0 Å².